The SMILES string of the molecule is CCOc1ccc(/C=C2/N=C(c3ccccc3)OC2=O)c2ccccc12. The van der Waals surface area contributed by atoms with Crippen LogP contribution in [0.1, 0.15) is 18.1 Å². The van der Waals surface area contributed by atoms with Crippen LogP contribution in [0.4, 0.5) is 0 Å². The van der Waals surface area contributed by atoms with Gasteiger partial charge in [0.15, 0.2) is 5.70 Å². The van der Waals surface area contributed by atoms with Gasteiger partial charge >= 0.3 is 5.97 Å². The molecule has 1 aliphatic rings. The van der Waals surface area contributed by atoms with Gasteiger partial charge in [0, 0.05) is 10.9 Å². The number of carbonyl (C=O) groups excluding carboxylic acids is 1. The topological polar surface area (TPSA) is 47.9 Å². The van der Waals surface area contributed by atoms with Crippen molar-refractivity contribution in [2.45, 2.75) is 6.92 Å². The Kier molecular flexibility index (Phi) is 4.23. The van der Waals surface area contributed by atoms with E-state index in [0.717, 1.165) is 27.6 Å². The lowest BCUT2D eigenvalue weighted by molar-refractivity contribution is -0.129. The highest BCUT2D eigenvalue weighted by atomic mass is 16.6. The van der Waals surface area contributed by atoms with Crippen LogP contribution in [-0.4, -0.2) is 18.5 Å². The molecule has 0 unspecified atom stereocenters. The second kappa shape index (κ2) is 6.84. The average Bonchev–Trinajstić information content (AvgIpc) is 3.05. The summed E-state index contributed by atoms with van der Waals surface area (Å²) in [5.74, 6) is 0.714. The smallest absolute Gasteiger partial charge is 0.363 e. The Morgan fingerprint density at radius 1 is 0.962 bits per heavy atom. The Morgan fingerprint density at radius 2 is 1.69 bits per heavy atom. The molecule has 0 fully saturated rings. The first-order chi connectivity index (χ1) is 12.8. The molecular weight excluding hydrogens is 326 g/mol. The minimum atomic E-state index is -0.443. The largest absolute Gasteiger partial charge is 0.493 e. The molecule has 0 aliphatic carbocycles. The number of rotatable bonds is 4. The van der Waals surface area contributed by atoms with Crippen molar-refractivity contribution in [3.8, 4) is 5.75 Å². The molecule has 0 N–H and O–H groups in total. The molecule has 0 aromatic heterocycles. The van der Waals surface area contributed by atoms with E-state index in [0.29, 0.717) is 12.5 Å². The number of ether oxygens (including phenoxy) is 2. The second-order valence-corrected chi connectivity index (χ2v) is 5.83. The van der Waals surface area contributed by atoms with Crippen molar-refractivity contribution in [2.24, 2.45) is 4.99 Å². The third-order valence-corrected chi connectivity index (χ3v) is 4.15. The maximum Gasteiger partial charge on any atom is 0.363 e. The van der Waals surface area contributed by atoms with E-state index in [1.807, 2.05) is 73.7 Å². The number of cyclic esters (lactones) is 1. The molecular formula is C22H17NO3. The number of carbonyl (C=O) groups is 1. The van der Waals surface area contributed by atoms with Crippen LogP contribution in [0, 0.1) is 0 Å². The van der Waals surface area contributed by atoms with Gasteiger partial charge in [-0.15, -0.1) is 0 Å². The van der Waals surface area contributed by atoms with Gasteiger partial charge in [0.25, 0.3) is 0 Å². The molecule has 0 spiro atoms. The molecule has 4 heteroatoms. The van der Waals surface area contributed by atoms with Gasteiger partial charge in [-0.2, -0.15) is 0 Å². The summed E-state index contributed by atoms with van der Waals surface area (Å²) in [5, 5.41) is 2.00. The van der Waals surface area contributed by atoms with Gasteiger partial charge in [0.1, 0.15) is 5.75 Å². The quantitative estimate of drug-likeness (QED) is 0.514. The number of nitrogens with zero attached hydrogens (tertiary/aromatic N) is 1. The van der Waals surface area contributed by atoms with Crippen molar-refractivity contribution >= 4 is 28.7 Å². The van der Waals surface area contributed by atoms with E-state index < -0.39 is 5.97 Å². The lowest BCUT2D eigenvalue weighted by Gasteiger charge is -2.09. The lowest BCUT2D eigenvalue weighted by atomic mass is 10.0. The third-order valence-electron chi connectivity index (χ3n) is 4.15. The van der Waals surface area contributed by atoms with Gasteiger partial charge < -0.3 is 9.47 Å². The lowest BCUT2D eigenvalue weighted by Crippen LogP contribution is -2.04. The molecule has 3 aromatic rings. The predicted molar refractivity (Wildman–Crippen MR) is 102 cm³/mol. The summed E-state index contributed by atoms with van der Waals surface area (Å²) >= 11 is 0. The van der Waals surface area contributed by atoms with Crippen LogP contribution in [0.2, 0.25) is 0 Å². The molecule has 0 radical (unpaired) electrons. The van der Waals surface area contributed by atoms with Crippen LogP contribution >= 0.6 is 0 Å². The molecule has 0 bridgehead atoms. The number of aliphatic imine (C=N–C) groups is 1. The standard InChI is InChI=1S/C22H17NO3/c1-2-25-20-13-12-16(17-10-6-7-11-18(17)20)14-19-22(24)26-21(23-19)15-8-4-3-5-9-15/h3-14H,2H2,1H3/b19-14+. The molecule has 0 saturated heterocycles. The summed E-state index contributed by atoms with van der Waals surface area (Å²) in [5.41, 5.74) is 1.97. The predicted octanol–water partition coefficient (Wildman–Crippen LogP) is 4.58. The molecule has 0 saturated carbocycles. The van der Waals surface area contributed by atoms with E-state index in [2.05, 4.69) is 4.99 Å². The molecule has 0 amide bonds. The minimum absolute atomic E-state index is 0.290. The van der Waals surface area contributed by atoms with E-state index in [-0.39, 0.29) is 5.70 Å². The van der Waals surface area contributed by atoms with Crippen molar-refractivity contribution in [2.75, 3.05) is 6.61 Å². The molecule has 1 heterocycles. The number of esters is 1. The zero-order chi connectivity index (χ0) is 17.9. The number of hydrogen-bond donors (Lipinski definition) is 0. The summed E-state index contributed by atoms with van der Waals surface area (Å²) in [6, 6.07) is 21.2. The van der Waals surface area contributed by atoms with Crippen LogP contribution < -0.4 is 4.74 Å². The van der Waals surface area contributed by atoms with Gasteiger partial charge in [0.05, 0.1) is 6.61 Å². The van der Waals surface area contributed by atoms with Crippen LogP contribution in [0.15, 0.2) is 77.4 Å². The maximum atomic E-state index is 12.2. The normalized spacial score (nSPS) is 15.2. The number of benzene rings is 3. The number of fused-ring (bicyclic) bond motifs is 1. The molecule has 128 valence electrons. The van der Waals surface area contributed by atoms with E-state index >= 15 is 0 Å². The Bertz CT molecular complexity index is 1040. The van der Waals surface area contributed by atoms with Gasteiger partial charge in [0.2, 0.25) is 5.90 Å². The van der Waals surface area contributed by atoms with Crippen molar-refractivity contribution in [3.05, 3.63) is 83.6 Å². The summed E-state index contributed by atoms with van der Waals surface area (Å²) in [4.78, 5) is 16.6. The summed E-state index contributed by atoms with van der Waals surface area (Å²) < 4.78 is 11.0. The van der Waals surface area contributed by atoms with Crippen molar-refractivity contribution in [3.63, 3.8) is 0 Å². The molecule has 3 aromatic carbocycles. The monoisotopic (exact) mass is 343 g/mol. The molecule has 0 atom stereocenters. The van der Waals surface area contributed by atoms with Crippen molar-refractivity contribution < 1.29 is 14.3 Å². The van der Waals surface area contributed by atoms with Crippen molar-refractivity contribution in [1.82, 2.24) is 0 Å². The Morgan fingerprint density at radius 3 is 2.46 bits per heavy atom. The Labute approximate surface area is 151 Å². The summed E-state index contributed by atoms with van der Waals surface area (Å²) in [6.07, 6.45) is 1.76. The zero-order valence-electron chi connectivity index (χ0n) is 14.3. The molecule has 26 heavy (non-hydrogen) atoms. The van der Waals surface area contributed by atoms with Gasteiger partial charge in [-0.3, -0.25) is 0 Å². The Balaban J connectivity index is 1.78. The summed E-state index contributed by atoms with van der Waals surface area (Å²) in [6.45, 7) is 2.56. The van der Waals surface area contributed by atoms with Crippen LogP contribution in [0.3, 0.4) is 0 Å². The maximum absolute atomic E-state index is 12.2. The van der Waals surface area contributed by atoms with Crippen LogP contribution in [0.5, 0.6) is 5.75 Å². The fraction of sp³-hybridized carbons (Fsp3) is 0.0909. The van der Waals surface area contributed by atoms with E-state index in [1.165, 1.54) is 0 Å². The Hall–Kier alpha value is -3.40. The van der Waals surface area contributed by atoms with E-state index in [1.54, 1.807) is 6.08 Å². The average molecular weight is 343 g/mol. The number of hydrogen-bond acceptors (Lipinski definition) is 4. The highest BCUT2D eigenvalue weighted by Gasteiger charge is 2.24. The molecule has 1 aliphatic heterocycles. The fourth-order valence-electron chi connectivity index (χ4n) is 2.96. The van der Waals surface area contributed by atoms with Crippen LogP contribution in [-0.2, 0) is 9.53 Å². The first kappa shape index (κ1) is 16.1. The van der Waals surface area contributed by atoms with Gasteiger partial charge in [-0.05, 0) is 42.1 Å². The zero-order valence-corrected chi connectivity index (χ0v) is 14.3. The third kappa shape index (κ3) is 2.97. The first-order valence-electron chi connectivity index (χ1n) is 8.49. The van der Waals surface area contributed by atoms with Crippen molar-refractivity contribution in [1.29, 1.82) is 0 Å². The second-order valence-electron chi connectivity index (χ2n) is 5.83. The fourth-order valence-corrected chi connectivity index (χ4v) is 2.96. The van der Waals surface area contributed by atoms with Gasteiger partial charge in [-0.1, -0.05) is 48.5 Å². The first-order valence-corrected chi connectivity index (χ1v) is 8.49. The van der Waals surface area contributed by atoms with E-state index in [4.69, 9.17) is 9.47 Å². The highest BCUT2D eigenvalue weighted by Crippen LogP contribution is 2.30. The van der Waals surface area contributed by atoms with Gasteiger partial charge in [-0.25, -0.2) is 9.79 Å². The molecule has 4 nitrogen and oxygen atoms in total. The van der Waals surface area contributed by atoms with E-state index in [9.17, 15) is 4.79 Å². The minimum Gasteiger partial charge on any atom is -0.493 e. The van der Waals surface area contributed by atoms with Crippen LogP contribution in [0.25, 0.3) is 16.8 Å². The summed E-state index contributed by atoms with van der Waals surface area (Å²) in [7, 11) is 0. The highest BCUT2D eigenvalue weighted by molar-refractivity contribution is 6.13. The molecule has 4 rings (SSSR count).